The van der Waals surface area contributed by atoms with Crippen molar-refractivity contribution in [3.05, 3.63) is 48.4 Å². The molecule has 0 radical (unpaired) electrons. The Kier molecular flexibility index (Phi) is 7.36. The predicted molar refractivity (Wildman–Crippen MR) is 107 cm³/mol. The summed E-state index contributed by atoms with van der Waals surface area (Å²) in [6, 6.07) is 12.9. The van der Waals surface area contributed by atoms with Gasteiger partial charge in [-0.2, -0.15) is 0 Å². The number of anilines is 1. The van der Waals surface area contributed by atoms with Crippen molar-refractivity contribution in [3.8, 4) is 0 Å². The van der Waals surface area contributed by atoms with Crippen molar-refractivity contribution in [1.82, 2.24) is 15.8 Å². The molecule has 24 heavy (non-hydrogen) atoms. The second-order valence-electron chi connectivity index (χ2n) is 5.66. The number of para-hydroxylation sites is 1. The van der Waals surface area contributed by atoms with Gasteiger partial charge in [-0.15, -0.1) is 24.0 Å². The van der Waals surface area contributed by atoms with E-state index in [0.717, 1.165) is 37.6 Å². The summed E-state index contributed by atoms with van der Waals surface area (Å²) in [6.45, 7) is 2.73. The smallest absolute Gasteiger partial charge is 0.191 e. The Balaban J connectivity index is 0.00000208. The van der Waals surface area contributed by atoms with E-state index in [4.69, 9.17) is 4.52 Å². The van der Waals surface area contributed by atoms with Crippen molar-refractivity contribution in [2.75, 3.05) is 25.0 Å². The highest BCUT2D eigenvalue weighted by Crippen LogP contribution is 2.19. The predicted octanol–water partition coefficient (Wildman–Crippen LogP) is 2.63. The zero-order chi connectivity index (χ0) is 15.9. The molecule has 0 saturated carbocycles. The first kappa shape index (κ1) is 18.6. The maximum Gasteiger partial charge on any atom is 0.191 e. The van der Waals surface area contributed by atoms with Crippen molar-refractivity contribution >= 4 is 35.6 Å². The van der Waals surface area contributed by atoms with Crippen LogP contribution < -0.4 is 15.5 Å². The van der Waals surface area contributed by atoms with Crippen LogP contribution in [-0.2, 0) is 6.54 Å². The fourth-order valence-electron chi connectivity index (χ4n) is 2.81. The van der Waals surface area contributed by atoms with Crippen LogP contribution in [0, 0.1) is 0 Å². The lowest BCUT2D eigenvalue weighted by atomic mass is 10.0. The lowest BCUT2D eigenvalue weighted by Gasteiger charge is -2.34. The minimum absolute atomic E-state index is 0. The van der Waals surface area contributed by atoms with E-state index in [9.17, 15) is 0 Å². The van der Waals surface area contributed by atoms with Gasteiger partial charge in [-0.3, -0.25) is 4.99 Å². The Labute approximate surface area is 159 Å². The number of benzene rings is 1. The summed E-state index contributed by atoms with van der Waals surface area (Å²) in [5, 5.41) is 10.6. The van der Waals surface area contributed by atoms with Gasteiger partial charge in [0, 0.05) is 37.9 Å². The van der Waals surface area contributed by atoms with Gasteiger partial charge in [0.05, 0.1) is 6.54 Å². The van der Waals surface area contributed by atoms with E-state index in [1.165, 1.54) is 5.69 Å². The topological polar surface area (TPSA) is 65.7 Å². The number of hydrogen-bond donors (Lipinski definition) is 2. The molecule has 1 aromatic carbocycles. The fourth-order valence-corrected chi connectivity index (χ4v) is 2.81. The molecule has 0 aliphatic carbocycles. The van der Waals surface area contributed by atoms with Crippen LogP contribution in [0.3, 0.4) is 0 Å². The van der Waals surface area contributed by atoms with Gasteiger partial charge in [0.1, 0.15) is 12.0 Å². The van der Waals surface area contributed by atoms with Crippen LogP contribution in [0.4, 0.5) is 5.69 Å². The van der Waals surface area contributed by atoms with Gasteiger partial charge in [0.2, 0.25) is 0 Å². The van der Waals surface area contributed by atoms with Crippen LogP contribution >= 0.6 is 24.0 Å². The van der Waals surface area contributed by atoms with Gasteiger partial charge in [-0.25, -0.2) is 0 Å². The summed E-state index contributed by atoms with van der Waals surface area (Å²) in [5.74, 6) is 0.811. The van der Waals surface area contributed by atoms with E-state index in [2.05, 4.69) is 56.0 Å². The van der Waals surface area contributed by atoms with E-state index < -0.39 is 0 Å². The number of aliphatic imine (C=N–C) groups is 1. The average Bonchev–Trinajstić information content (AvgIpc) is 3.13. The molecule has 0 amide bonds. The van der Waals surface area contributed by atoms with E-state index in [1.54, 1.807) is 13.3 Å². The first-order valence-corrected chi connectivity index (χ1v) is 8.01. The summed E-state index contributed by atoms with van der Waals surface area (Å²) < 4.78 is 4.83. The highest BCUT2D eigenvalue weighted by molar-refractivity contribution is 14.0. The number of nitrogens with one attached hydrogen (secondary N) is 2. The Morgan fingerprint density at radius 3 is 2.62 bits per heavy atom. The summed E-state index contributed by atoms with van der Waals surface area (Å²) in [4.78, 5) is 6.72. The zero-order valence-electron chi connectivity index (χ0n) is 13.8. The molecule has 1 saturated heterocycles. The van der Waals surface area contributed by atoms with Crippen LogP contribution in [0.15, 0.2) is 52.2 Å². The van der Waals surface area contributed by atoms with Crippen LogP contribution in [0.5, 0.6) is 0 Å². The molecule has 0 bridgehead atoms. The molecule has 1 fully saturated rings. The number of aromatic nitrogens is 1. The van der Waals surface area contributed by atoms with Crippen molar-refractivity contribution < 1.29 is 4.52 Å². The largest absolute Gasteiger partial charge is 0.371 e. The van der Waals surface area contributed by atoms with E-state index >= 15 is 0 Å². The van der Waals surface area contributed by atoms with Gasteiger partial charge in [-0.1, -0.05) is 23.4 Å². The molecule has 0 unspecified atom stereocenters. The third-order valence-electron chi connectivity index (χ3n) is 4.11. The standard InChI is InChI=1S/C17H23N5O.HI/c1-18-17(19-13-15-9-12-23-21-15)20-14-7-10-22(11-8-14)16-5-3-2-4-6-16;/h2-6,9,12,14H,7-8,10-11,13H2,1H3,(H2,18,19,20);1H. The maximum absolute atomic E-state index is 4.83. The molecule has 7 heteroatoms. The number of halogens is 1. The third kappa shape index (κ3) is 5.12. The Morgan fingerprint density at radius 2 is 2.00 bits per heavy atom. The highest BCUT2D eigenvalue weighted by Gasteiger charge is 2.20. The number of rotatable bonds is 4. The summed E-state index contributed by atoms with van der Waals surface area (Å²) in [6.07, 6.45) is 3.77. The quantitative estimate of drug-likeness (QED) is 0.434. The molecule has 1 aliphatic rings. The molecule has 2 N–H and O–H groups in total. The summed E-state index contributed by atoms with van der Waals surface area (Å²) in [5.41, 5.74) is 2.17. The molecule has 1 aliphatic heterocycles. The molecular weight excluding hydrogens is 417 g/mol. The first-order chi connectivity index (χ1) is 11.3. The highest BCUT2D eigenvalue weighted by atomic mass is 127. The first-order valence-electron chi connectivity index (χ1n) is 8.01. The van der Waals surface area contributed by atoms with Crippen molar-refractivity contribution in [2.24, 2.45) is 4.99 Å². The monoisotopic (exact) mass is 441 g/mol. The number of hydrogen-bond acceptors (Lipinski definition) is 4. The second kappa shape index (κ2) is 9.51. The van der Waals surface area contributed by atoms with E-state index in [-0.39, 0.29) is 24.0 Å². The summed E-state index contributed by atoms with van der Waals surface area (Å²) >= 11 is 0. The number of guanidine groups is 1. The molecule has 6 nitrogen and oxygen atoms in total. The molecular formula is C17H24IN5O. The number of piperidine rings is 1. The maximum atomic E-state index is 4.83. The fraction of sp³-hybridized carbons (Fsp3) is 0.412. The Hall–Kier alpha value is -1.77. The molecule has 0 spiro atoms. The third-order valence-corrected chi connectivity index (χ3v) is 4.11. The van der Waals surface area contributed by atoms with Crippen molar-refractivity contribution in [3.63, 3.8) is 0 Å². The van der Waals surface area contributed by atoms with Crippen LogP contribution in [0.25, 0.3) is 0 Å². The number of nitrogens with zero attached hydrogens (tertiary/aromatic N) is 3. The van der Waals surface area contributed by atoms with E-state index in [1.807, 2.05) is 6.07 Å². The molecule has 3 rings (SSSR count). The molecule has 1 aromatic heterocycles. The lowest BCUT2D eigenvalue weighted by Crippen LogP contribution is -2.48. The van der Waals surface area contributed by atoms with Crippen molar-refractivity contribution in [1.29, 1.82) is 0 Å². The molecule has 0 atom stereocenters. The van der Waals surface area contributed by atoms with Gasteiger partial charge in [0.15, 0.2) is 5.96 Å². The van der Waals surface area contributed by atoms with Crippen LogP contribution in [0.2, 0.25) is 0 Å². The average molecular weight is 441 g/mol. The van der Waals surface area contributed by atoms with Gasteiger partial charge < -0.3 is 20.1 Å². The second-order valence-corrected chi connectivity index (χ2v) is 5.66. The van der Waals surface area contributed by atoms with Crippen molar-refractivity contribution in [2.45, 2.75) is 25.4 Å². The van der Waals surface area contributed by atoms with Crippen LogP contribution in [0.1, 0.15) is 18.5 Å². The normalized spacial score (nSPS) is 15.7. The van der Waals surface area contributed by atoms with Crippen LogP contribution in [-0.4, -0.2) is 37.3 Å². The lowest BCUT2D eigenvalue weighted by molar-refractivity contribution is 0.410. The zero-order valence-corrected chi connectivity index (χ0v) is 16.1. The van der Waals surface area contributed by atoms with Gasteiger partial charge in [0.25, 0.3) is 0 Å². The molecule has 130 valence electrons. The minimum Gasteiger partial charge on any atom is -0.371 e. The molecule has 2 heterocycles. The molecule has 2 aromatic rings. The Morgan fingerprint density at radius 1 is 1.25 bits per heavy atom. The van der Waals surface area contributed by atoms with E-state index in [0.29, 0.717) is 12.6 Å². The minimum atomic E-state index is 0. The Bertz CT molecular complexity index is 609. The van der Waals surface area contributed by atoms with Gasteiger partial charge >= 0.3 is 0 Å². The SMILES string of the molecule is CN=C(NCc1ccon1)NC1CCN(c2ccccc2)CC1.I. The van der Waals surface area contributed by atoms with Gasteiger partial charge in [-0.05, 0) is 25.0 Å². The summed E-state index contributed by atoms with van der Waals surface area (Å²) in [7, 11) is 1.79.